The quantitative estimate of drug-likeness (QED) is 0.621. The van der Waals surface area contributed by atoms with Crippen LogP contribution >= 0.6 is 11.3 Å². The Labute approximate surface area is 174 Å². The van der Waals surface area contributed by atoms with Gasteiger partial charge in [-0.1, -0.05) is 42.5 Å². The van der Waals surface area contributed by atoms with Crippen LogP contribution in [0.25, 0.3) is 11.1 Å². The number of hydrogen-bond acceptors (Lipinski definition) is 5. The molecule has 0 saturated heterocycles. The Hall–Kier alpha value is -3.01. The molecule has 0 aliphatic carbocycles. The smallest absolute Gasteiger partial charge is 0.342 e. The molecule has 0 saturated carbocycles. The second-order valence-corrected chi connectivity index (χ2v) is 8.47. The van der Waals surface area contributed by atoms with Gasteiger partial charge in [0.05, 0.1) is 28.4 Å². The van der Waals surface area contributed by atoms with Gasteiger partial charge in [-0.25, -0.2) is 9.78 Å². The van der Waals surface area contributed by atoms with Crippen molar-refractivity contribution >= 4 is 17.3 Å². The van der Waals surface area contributed by atoms with Crippen LogP contribution in [0.4, 0.5) is 0 Å². The summed E-state index contributed by atoms with van der Waals surface area (Å²) in [4.78, 5) is 16.6. The van der Waals surface area contributed by atoms with E-state index < -0.39 is 17.2 Å². The van der Waals surface area contributed by atoms with E-state index in [0.717, 1.165) is 16.7 Å². The second-order valence-electron chi connectivity index (χ2n) is 7.75. The van der Waals surface area contributed by atoms with E-state index in [9.17, 15) is 15.2 Å². The molecule has 0 radical (unpaired) electrons. The van der Waals surface area contributed by atoms with Gasteiger partial charge in [-0.05, 0) is 43.5 Å². The van der Waals surface area contributed by atoms with Crippen molar-refractivity contribution in [3.05, 3.63) is 76.2 Å². The van der Waals surface area contributed by atoms with E-state index >= 15 is 0 Å². The summed E-state index contributed by atoms with van der Waals surface area (Å²) in [5, 5.41) is 21.2. The monoisotopic (exact) mass is 406 g/mol. The van der Waals surface area contributed by atoms with Crippen molar-refractivity contribution < 1.29 is 14.6 Å². The number of aromatic nitrogens is 1. The summed E-state index contributed by atoms with van der Waals surface area (Å²) in [6.45, 7) is 5.50. The number of ether oxygens (including phenoxy) is 1. The minimum Gasteiger partial charge on any atom is -0.479 e. The first-order chi connectivity index (χ1) is 13.7. The fraction of sp³-hybridized carbons (Fsp3) is 0.261. The molecule has 0 fully saturated rings. The zero-order chi connectivity index (χ0) is 21.1. The lowest BCUT2D eigenvalue weighted by Gasteiger charge is -2.35. The highest BCUT2D eigenvalue weighted by molar-refractivity contribution is 7.07. The normalized spacial score (nSPS) is 13.4. The van der Waals surface area contributed by atoms with E-state index in [-0.39, 0.29) is 6.42 Å². The third-order valence-corrected chi connectivity index (χ3v) is 5.02. The molecule has 3 aromatic rings. The summed E-state index contributed by atoms with van der Waals surface area (Å²) in [5.74, 6) is -1.07. The van der Waals surface area contributed by atoms with Crippen LogP contribution in [-0.4, -0.2) is 21.7 Å². The molecule has 148 valence electrons. The van der Waals surface area contributed by atoms with Gasteiger partial charge in [0.2, 0.25) is 5.60 Å². The molecule has 6 heteroatoms. The molecule has 2 aromatic carbocycles. The minimum absolute atomic E-state index is 0.142. The zero-order valence-electron chi connectivity index (χ0n) is 16.5. The summed E-state index contributed by atoms with van der Waals surface area (Å²) in [6.07, 6.45) is 0.142. The van der Waals surface area contributed by atoms with Crippen molar-refractivity contribution in [1.29, 1.82) is 5.26 Å². The van der Waals surface area contributed by atoms with E-state index in [2.05, 4.69) is 11.1 Å². The van der Waals surface area contributed by atoms with Crippen LogP contribution in [0.5, 0.6) is 0 Å². The van der Waals surface area contributed by atoms with Crippen LogP contribution in [0.15, 0.2) is 59.4 Å². The molecule has 0 aliphatic rings. The third kappa shape index (κ3) is 4.53. The highest BCUT2D eigenvalue weighted by atomic mass is 32.1. The van der Waals surface area contributed by atoms with Gasteiger partial charge in [0, 0.05) is 11.8 Å². The van der Waals surface area contributed by atoms with E-state index in [1.165, 1.54) is 11.3 Å². The van der Waals surface area contributed by atoms with Gasteiger partial charge in [0.15, 0.2) is 0 Å². The number of thiazole rings is 1. The zero-order valence-corrected chi connectivity index (χ0v) is 17.4. The molecule has 5 nitrogen and oxygen atoms in total. The van der Waals surface area contributed by atoms with E-state index in [1.807, 2.05) is 63.2 Å². The van der Waals surface area contributed by atoms with Crippen molar-refractivity contribution in [1.82, 2.24) is 4.98 Å². The van der Waals surface area contributed by atoms with Gasteiger partial charge < -0.3 is 9.84 Å². The van der Waals surface area contributed by atoms with E-state index in [0.29, 0.717) is 11.3 Å². The molecule has 0 amide bonds. The van der Waals surface area contributed by atoms with Crippen LogP contribution in [0, 0.1) is 11.3 Å². The molecule has 1 atom stereocenters. The maximum absolute atomic E-state index is 12.4. The Morgan fingerprint density at radius 2 is 1.86 bits per heavy atom. The first-order valence-electron chi connectivity index (χ1n) is 9.16. The Bertz CT molecular complexity index is 1030. The number of rotatable bonds is 6. The predicted octanol–water partition coefficient (Wildman–Crippen LogP) is 5.02. The number of nitrogens with zero attached hydrogens (tertiary/aromatic N) is 2. The molecule has 1 unspecified atom stereocenters. The Balaban J connectivity index is 1.98. The highest BCUT2D eigenvalue weighted by Gasteiger charge is 2.46. The average Bonchev–Trinajstić information content (AvgIpc) is 3.22. The van der Waals surface area contributed by atoms with Crippen molar-refractivity contribution in [2.24, 2.45) is 0 Å². The van der Waals surface area contributed by atoms with Gasteiger partial charge in [-0.15, -0.1) is 11.3 Å². The number of carboxylic acids is 1. The van der Waals surface area contributed by atoms with E-state index in [1.54, 1.807) is 17.0 Å². The topological polar surface area (TPSA) is 83.2 Å². The first kappa shape index (κ1) is 20.7. The van der Waals surface area contributed by atoms with Gasteiger partial charge in [0.25, 0.3) is 0 Å². The lowest BCUT2D eigenvalue weighted by molar-refractivity contribution is -0.188. The Kier molecular flexibility index (Phi) is 5.83. The lowest BCUT2D eigenvalue weighted by Crippen LogP contribution is -2.46. The standard InChI is InChI=1S/C23H22N2O3S/c1-22(2,3)28-23(21(26)27,20-14-29-15-25-20)12-16-8-10-17(11-9-16)19-7-5-4-6-18(19)13-24/h4-11,14-15H,12H2,1-3H3,(H,26,27). The van der Waals surface area contributed by atoms with Crippen molar-refractivity contribution in [2.45, 2.75) is 38.4 Å². The van der Waals surface area contributed by atoms with Gasteiger partial charge in [-0.3, -0.25) is 0 Å². The Morgan fingerprint density at radius 3 is 2.41 bits per heavy atom. The van der Waals surface area contributed by atoms with E-state index in [4.69, 9.17) is 4.74 Å². The van der Waals surface area contributed by atoms with Crippen LogP contribution in [0.1, 0.15) is 37.6 Å². The number of carbonyl (C=O) groups is 1. The van der Waals surface area contributed by atoms with Crippen LogP contribution < -0.4 is 0 Å². The molecule has 0 bridgehead atoms. The molecule has 1 aromatic heterocycles. The van der Waals surface area contributed by atoms with Crippen molar-refractivity contribution in [3.63, 3.8) is 0 Å². The SMILES string of the molecule is CC(C)(C)OC(Cc1ccc(-c2ccccc2C#N)cc1)(C(=O)O)c1cscn1. The maximum atomic E-state index is 12.4. The molecule has 0 spiro atoms. The van der Waals surface area contributed by atoms with Gasteiger partial charge in [-0.2, -0.15) is 5.26 Å². The lowest BCUT2D eigenvalue weighted by atomic mass is 9.89. The maximum Gasteiger partial charge on any atom is 0.342 e. The molecular formula is C23H22N2O3S. The molecule has 3 rings (SSSR count). The minimum atomic E-state index is -1.58. The third-order valence-electron chi connectivity index (χ3n) is 4.44. The van der Waals surface area contributed by atoms with Crippen molar-refractivity contribution in [3.8, 4) is 17.2 Å². The van der Waals surface area contributed by atoms with Crippen LogP contribution in [0.3, 0.4) is 0 Å². The summed E-state index contributed by atoms with van der Waals surface area (Å²) in [7, 11) is 0. The summed E-state index contributed by atoms with van der Waals surface area (Å²) < 4.78 is 6.09. The summed E-state index contributed by atoms with van der Waals surface area (Å²) in [6, 6.07) is 17.1. The number of hydrogen-bond donors (Lipinski definition) is 1. The summed E-state index contributed by atoms with van der Waals surface area (Å²) >= 11 is 1.34. The Morgan fingerprint density at radius 1 is 1.17 bits per heavy atom. The van der Waals surface area contributed by atoms with Crippen molar-refractivity contribution in [2.75, 3.05) is 0 Å². The van der Waals surface area contributed by atoms with Crippen LogP contribution in [0.2, 0.25) is 0 Å². The second kappa shape index (κ2) is 8.16. The molecular weight excluding hydrogens is 384 g/mol. The number of carboxylic acid groups (broad SMARTS) is 1. The number of aliphatic carboxylic acids is 1. The van der Waals surface area contributed by atoms with Gasteiger partial charge >= 0.3 is 5.97 Å². The number of nitriles is 1. The molecule has 0 aliphatic heterocycles. The largest absolute Gasteiger partial charge is 0.479 e. The fourth-order valence-electron chi connectivity index (χ4n) is 3.26. The average molecular weight is 407 g/mol. The van der Waals surface area contributed by atoms with Crippen LogP contribution in [-0.2, 0) is 21.6 Å². The highest BCUT2D eigenvalue weighted by Crippen LogP contribution is 2.35. The first-order valence-corrected chi connectivity index (χ1v) is 10.1. The van der Waals surface area contributed by atoms with Gasteiger partial charge in [0.1, 0.15) is 0 Å². The predicted molar refractivity (Wildman–Crippen MR) is 113 cm³/mol. The fourth-order valence-corrected chi connectivity index (χ4v) is 3.88. The molecule has 1 heterocycles. The number of benzene rings is 2. The molecule has 1 N–H and O–H groups in total. The molecule has 29 heavy (non-hydrogen) atoms. The summed E-state index contributed by atoms with van der Waals surface area (Å²) in [5.41, 5.74) is 2.90.